The number of hydrogen-bond donors (Lipinski definition) is 0. The standard InChI is InChI=1S/C32H35N3O/c36-30-18-9-17-29-31(30)27-15-7-8-16-28(27)35(29)20-10-19-33-21-23-34(24-22-33)32(25-11-3-1-4-12-25)26-13-5-2-6-14-26/h1-8,11-16,32H,9-10,17-24H2. The van der Waals surface area contributed by atoms with E-state index in [4.69, 9.17) is 0 Å². The van der Waals surface area contributed by atoms with Crippen molar-refractivity contribution in [1.29, 1.82) is 0 Å². The number of Topliss-reactive ketones (excluding diaryl/α,β-unsaturated/α-hetero) is 1. The van der Waals surface area contributed by atoms with Crippen molar-refractivity contribution in [3.63, 3.8) is 0 Å². The molecule has 1 aliphatic heterocycles. The zero-order chi connectivity index (χ0) is 24.3. The van der Waals surface area contributed by atoms with Crippen molar-refractivity contribution in [2.45, 2.75) is 38.3 Å². The number of hydrogen-bond acceptors (Lipinski definition) is 3. The van der Waals surface area contributed by atoms with Crippen LogP contribution in [0.3, 0.4) is 0 Å². The maximum atomic E-state index is 12.7. The molecule has 0 spiro atoms. The van der Waals surface area contributed by atoms with Crippen LogP contribution < -0.4 is 0 Å². The lowest BCUT2D eigenvalue weighted by molar-refractivity contribution is 0.0973. The highest BCUT2D eigenvalue weighted by atomic mass is 16.1. The average Bonchev–Trinajstić information content (AvgIpc) is 3.26. The van der Waals surface area contributed by atoms with Gasteiger partial charge in [-0.1, -0.05) is 78.9 Å². The van der Waals surface area contributed by atoms with Crippen LogP contribution in [-0.2, 0) is 13.0 Å². The molecule has 1 aliphatic carbocycles. The maximum absolute atomic E-state index is 12.7. The first kappa shape index (κ1) is 23.2. The van der Waals surface area contributed by atoms with Gasteiger partial charge in [-0.3, -0.25) is 9.69 Å². The fourth-order valence-electron chi connectivity index (χ4n) is 6.31. The van der Waals surface area contributed by atoms with Gasteiger partial charge in [0.1, 0.15) is 0 Å². The smallest absolute Gasteiger partial charge is 0.165 e. The maximum Gasteiger partial charge on any atom is 0.165 e. The molecule has 2 heterocycles. The van der Waals surface area contributed by atoms with Gasteiger partial charge in [-0.25, -0.2) is 0 Å². The van der Waals surface area contributed by atoms with Crippen LogP contribution in [0.15, 0.2) is 84.9 Å². The first-order valence-electron chi connectivity index (χ1n) is 13.5. The average molecular weight is 478 g/mol. The summed E-state index contributed by atoms with van der Waals surface area (Å²) in [4.78, 5) is 18.0. The Morgan fingerprint density at radius 3 is 2.03 bits per heavy atom. The number of fused-ring (bicyclic) bond motifs is 3. The SMILES string of the molecule is O=C1CCCc2c1c1ccccc1n2CCCN1CCN(C(c2ccccc2)c2ccccc2)CC1. The van der Waals surface area contributed by atoms with Gasteiger partial charge < -0.3 is 9.47 Å². The molecule has 6 rings (SSSR count). The van der Waals surface area contributed by atoms with E-state index in [1.165, 1.54) is 22.3 Å². The predicted molar refractivity (Wildman–Crippen MR) is 147 cm³/mol. The van der Waals surface area contributed by atoms with E-state index in [1.807, 2.05) is 0 Å². The number of carbonyl (C=O) groups excluding carboxylic acids is 1. The molecule has 4 nitrogen and oxygen atoms in total. The minimum absolute atomic E-state index is 0.310. The molecule has 0 N–H and O–H groups in total. The molecule has 1 fully saturated rings. The highest BCUT2D eigenvalue weighted by Crippen LogP contribution is 2.33. The third-order valence-corrected chi connectivity index (χ3v) is 8.03. The summed E-state index contributed by atoms with van der Waals surface area (Å²) < 4.78 is 2.44. The van der Waals surface area contributed by atoms with Gasteiger partial charge in [0.2, 0.25) is 0 Å². The lowest BCUT2D eigenvalue weighted by Gasteiger charge is -2.40. The normalized spacial score (nSPS) is 17.1. The number of rotatable bonds is 7. The highest BCUT2D eigenvalue weighted by Gasteiger charge is 2.27. The predicted octanol–water partition coefficient (Wildman–Crippen LogP) is 5.96. The van der Waals surface area contributed by atoms with E-state index < -0.39 is 0 Å². The van der Waals surface area contributed by atoms with Crippen LogP contribution in [0.5, 0.6) is 0 Å². The Morgan fingerprint density at radius 2 is 1.33 bits per heavy atom. The number of para-hydroxylation sites is 1. The first-order chi connectivity index (χ1) is 17.8. The fraction of sp³-hybridized carbons (Fsp3) is 0.344. The van der Waals surface area contributed by atoms with Crippen molar-refractivity contribution in [1.82, 2.24) is 14.4 Å². The summed E-state index contributed by atoms with van der Waals surface area (Å²) in [5.74, 6) is 0.328. The molecule has 4 aromatic rings. The van der Waals surface area contributed by atoms with Crippen LogP contribution >= 0.6 is 0 Å². The molecule has 1 aromatic heterocycles. The Morgan fingerprint density at radius 1 is 0.694 bits per heavy atom. The number of ketones is 1. The molecule has 0 saturated carbocycles. The Hall–Kier alpha value is -3.21. The molecule has 3 aromatic carbocycles. The number of carbonyl (C=O) groups is 1. The van der Waals surface area contributed by atoms with E-state index in [0.29, 0.717) is 18.2 Å². The van der Waals surface area contributed by atoms with Crippen LogP contribution in [0.4, 0.5) is 0 Å². The molecule has 0 amide bonds. The summed E-state index contributed by atoms with van der Waals surface area (Å²) in [6.07, 6.45) is 3.81. The number of benzene rings is 3. The summed E-state index contributed by atoms with van der Waals surface area (Å²) in [5, 5.41) is 1.15. The zero-order valence-electron chi connectivity index (χ0n) is 21.0. The molecule has 2 aliphatic rings. The number of aromatic nitrogens is 1. The highest BCUT2D eigenvalue weighted by molar-refractivity contribution is 6.10. The molecule has 4 heteroatoms. The van der Waals surface area contributed by atoms with Gasteiger partial charge in [-0.2, -0.15) is 0 Å². The molecule has 36 heavy (non-hydrogen) atoms. The van der Waals surface area contributed by atoms with E-state index in [1.54, 1.807) is 0 Å². The molecule has 0 bridgehead atoms. The molecule has 0 radical (unpaired) electrons. The van der Waals surface area contributed by atoms with Gasteiger partial charge in [0.15, 0.2) is 5.78 Å². The van der Waals surface area contributed by atoms with Gasteiger partial charge >= 0.3 is 0 Å². The summed E-state index contributed by atoms with van der Waals surface area (Å²) in [5.41, 5.74) is 6.24. The summed E-state index contributed by atoms with van der Waals surface area (Å²) in [7, 11) is 0. The van der Waals surface area contributed by atoms with Gasteiger partial charge in [-0.15, -0.1) is 0 Å². The Balaban J connectivity index is 1.11. The van der Waals surface area contributed by atoms with Crippen LogP contribution in [0.25, 0.3) is 10.9 Å². The van der Waals surface area contributed by atoms with Crippen molar-refractivity contribution in [3.8, 4) is 0 Å². The van der Waals surface area contributed by atoms with E-state index in [0.717, 1.165) is 69.5 Å². The fourth-order valence-corrected chi connectivity index (χ4v) is 6.31. The third-order valence-electron chi connectivity index (χ3n) is 8.03. The molecule has 0 unspecified atom stereocenters. The second kappa shape index (κ2) is 10.4. The monoisotopic (exact) mass is 477 g/mol. The number of piperazine rings is 1. The second-order valence-electron chi connectivity index (χ2n) is 10.2. The van der Waals surface area contributed by atoms with E-state index in [-0.39, 0.29) is 0 Å². The van der Waals surface area contributed by atoms with Crippen LogP contribution in [0.2, 0.25) is 0 Å². The van der Waals surface area contributed by atoms with Crippen molar-refractivity contribution < 1.29 is 4.79 Å². The Kier molecular flexibility index (Phi) is 6.71. The van der Waals surface area contributed by atoms with Gasteiger partial charge in [-0.05, 0) is 43.0 Å². The number of aryl methyl sites for hydroxylation is 1. The molecular weight excluding hydrogens is 442 g/mol. The Labute approximate surface area is 214 Å². The zero-order valence-corrected chi connectivity index (χ0v) is 21.0. The number of nitrogens with zero attached hydrogens (tertiary/aromatic N) is 3. The van der Waals surface area contributed by atoms with E-state index in [9.17, 15) is 4.79 Å². The second-order valence-corrected chi connectivity index (χ2v) is 10.2. The topological polar surface area (TPSA) is 28.5 Å². The summed E-state index contributed by atoms with van der Waals surface area (Å²) in [6.45, 7) is 6.43. The molecule has 1 saturated heterocycles. The largest absolute Gasteiger partial charge is 0.344 e. The van der Waals surface area contributed by atoms with Crippen LogP contribution in [-0.4, -0.2) is 52.9 Å². The van der Waals surface area contributed by atoms with Gasteiger partial charge in [0.25, 0.3) is 0 Å². The van der Waals surface area contributed by atoms with Crippen molar-refractivity contribution in [2.75, 3.05) is 32.7 Å². The van der Waals surface area contributed by atoms with Crippen LogP contribution in [0, 0.1) is 0 Å². The third kappa shape index (κ3) is 4.52. The minimum atomic E-state index is 0.310. The van der Waals surface area contributed by atoms with Crippen molar-refractivity contribution in [2.24, 2.45) is 0 Å². The van der Waals surface area contributed by atoms with E-state index in [2.05, 4.69) is 99.3 Å². The molecule has 184 valence electrons. The lowest BCUT2D eigenvalue weighted by atomic mass is 9.94. The molecule has 0 atom stereocenters. The van der Waals surface area contributed by atoms with E-state index >= 15 is 0 Å². The van der Waals surface area contributed by atoms with Crippen molar-refractivity contribution >= 4 is 16.7 Å². The van der Waals surface area contributed by atoms with Gasteiger partial charge in [0.05, 0.1) is 6.04 Å². The van der Waals surface area contributed by atoms with Crippen LogP contribution in [0.1, 0.15) is 52.5 Å². The van der Waals surface area contributed by atoms with Crippen molar-refractivity contribution in [3.05, 3.63) is 107 Å². The van der Waals surface area contributed by atoms with Gasteiger partial charge in [0, 0.05) is 61.3 Å². The first-order valence-corrected chi connectivity index (χ1v) is 13.5. The quantitative estimate of drug-likeness (QED) is 0.329. The minimum Gasteiger partial charge on any atom is -0.344 e. The lowest BCUT2D eigenvalue weighted by Crippen LogP contribution is -2.48. The summed E-state index contributed by atoms with van der Waals surface area (Å²) >= 11 is 0. The molecular formula is C32H35N3O. The summed E-state index contributed by atoms with van der Waals surface area (Å²) in [6, 6.07) is 30.6. The Bertz CT molecular complexity index is 1280.